The van der Waals surface area contributed by atoms with Crippen LogP contribution in [0.15, 0.2) is 59.6 Å². The van der Waals surface area contributed by atoms with Gasteiger partial charge in [-0.15, -0.1) is 0 Å². The molecule has 0 aliphatic carbocycles. The molecule has 0 radical (unpaired) electrons. The van der Waals surface area contributed by atoms with Crippen molar-refractivity contribution < 1.29 is 36.6 Å². The third-order valence-electron chi connectivity index (χ3n) is 6.35. The van der Waals surface area contributed by atoms with Gasteiger partial charge < -0.3 is 24.9 Å². The summed E-state index contributed by atoms with van der Waals surface area (Å²) in [5.41, 5.74) is 1.56. The molecule has 11 heteroatoms. The summed E-state index contributed by atoms with van der Waals surface area (Å²) in [6.45, 7) is 1.30. The van der Waals surface area contributed by atoms with Gasteiger partial charge in [0.1, 0.15) is 29.2 Å². The summed E-state index contributed by atoms with van der Waals surface area (Å²) in [5.74, 6) is -1.41. The van der Waals surface area contributed by atoms with Crippen LogP contribution in [0.3, 0.4) is 0 Å². The minimum absolute atomic E-state index is 0.0524. The minimum Gasteiger partial charge on any atom is -0.497 e. The van der Waals surface area contributed by atoms with Crippen molar-refractivity contribution in [2.75, 3.05) is 31.9 Å². The van der Waals surface area contributed by atoms with Gasteiger partial charge in [-0.2, -0.15) is 0 Å². The zero-order chi connectivity index (χ0) is 28.3. The van der Waals surface area contributed by atoms with Crippen LogP contribution in [0.4, 0.5) is 14.5 Å². The van der Waals surface area contributed by atoms with Crippen molar-refractivity contribution in [2.45, 2.75) is 24.3 Å². The Labute approximate surface area is 224 Å². The highest BCUT2D eigenvalue weighted by Gasteiger charge is 2.29. The molecule has 0 aliphatic heterocycles. The lowest BCUT2D eigenvalue weighted by atomic mass is 9.95. The fraction of sp³-hybridized carbons (Fsp3) is 0.250. The second kappa shape index (κ2) is 11.4. The summed E-state index contributed by atoms with van der Waals surface area (Å²) in [6, 6.07) is 9.67. The van der Waals surface area contributed by atoms with Gasteiger partial charge in [0.25, 0.3) is 0 Å². The Morgan fingerprint density at radius 1 is 1.08 bits per heavy atom. The highest BCUT2D eigenvalue weighted by Crippen LogP contribution is 2.35. The van der Waals surface area contributed by atoms with Crippen LogP contribution in [-0.2, 0) is 9.84 Å². The van der Waals surface area contributed by atoms with Gasteiger partial charge in [-0.05, 0) is 55.3 Å². The number of ether oxygens (including phenoxy) is 2. The van der Waals surface area contributed by atoms with E-state index in [0.717, 1.165) is 6.07 Å². The number of carbonyl (C=O) groups is 1. The first-order valence-corrected chi connectivity index (χ1v) is 13.7. The number of aliphatic hydroxyl groups excluding tert-OH is 1. The quantitative estimate of drug-likeness (QED) is 0.223. The Balaban J connectivity index is 1.85. The lowest BCUT2D eigenvalue weighted by Crippen LogP contribution is -2.22. The third-order valence-corrected chi connectivity index (χ3v) is 8.13. The Hall–Kier alpha value is -3.96. The van der Waals surface area contributed by atoms with E-state index in [0.29, 0.717) is 22.0 Å². The van der Waals surface area contributed by atoms with Gasteiger partial charge in [0, 0.05) is 52.7 Å². The van der Waals surface area contributed by atoms with Crippen LogP contribution in [0.25, 0.3) is 10.9 Å². The Bertz CT molecular complexity index is 1630. The van der Waals surface area contributed by atoms with Gasteiger partial charge in [-0.25, -0.2) is 17.2 Å². The number of aryl methyl sites for hydroxylation is 1. The molecule has 0 saturated carbocycles. The van der Waals surface area contributed by atoms with Crippen LogP contribution in [-0.4, -0.2) is 50.9 Å². The maximum atomic E-state index is 14.1. The number of aliphatic hydroxyl groups is 1. The summed E-state index contributed by atoms with van der Waals surface area (Å²) < 4.78 is 64.6. The second-order valence-electron chi connectivity index (χ2n) is 8.97. The number of rotatable bonds is 11. The van der Waals surface area contributed by atoms with E-state index in [2.05, 4.69) is 10.3 Å². The van der Waals surface area contributed by atoms with Gasteiger partial charge >= 0.3 is 0 Å². The molecule has 8 nitrogen and oxygen atoms in total. The van der Waals surface area contributed by atoms with E-state index in [1.54, 1.807) is 13.0 Å². The Kier molecular flexibility index (Phi) is 8.22. The number of benzene rings is 3. The molecule has 0 spiro atoms. The molecule has 1 unspecified atom stereocenters. The average molecular weight is 559 g/mol. The molecule has 1 atom stereocenters. The molecule has 1 aromatic heterocycles. The first-order valence-electron chi connectivity index (χ1n) is 12.0. The predicted molar refractivity (Wildman–Crippen MR) is 143 cm³/mol. The number of nitrogens with one attached hydrogen (secondary N) is 2. The topological polar surface area (TPSA) is 118 Å². The predicted octanol–water partition coefficient (Wildman–Crippen LogP) is 4.96. The number of anilines is 1. The second-order valence-corrected chi connectivity index (χ2v) is 11.1. The van der Waals surface area contributed by atoms with Crippen molar-refractivity contribution >= 4 is 32.2 Å². The zero-order valence-electron chi connectivity index (χ0n) is 21.5. The largest absolute Gasteiger partial charge is 0.497 e. The normalized spacial score (nSPS) is 12.4. The fourth-order valence-corrected chi connectivity index (χ4v) is 5.66. The number of Topliss-reactive ketones (excluding diaryl/α,β-unsaturated/α-hetero) is 1. The number of H-pyrrole nitrogens is 1. The standard InChI is InChI=1S/C28H28F2N2O6S/c1-16-9-22-23(15-31-25(22)14-24(16)30)28(34)27(21-6-5-17(29)10-26(21)38-3)32-18-11-19(37-2)13-20(12-18)39(35,36)8-4-7-33/h5-6,9-15,27,31-33H,4,7-8H2,1-3H3. The maximum absolute atomic E-state index is 14.1. The molecule has 4 rings (SSSR count). The number of ketones is 1. The molecule has 0 aliphatic rings. The summed E-state index contributed by atoms with van der Waals surface area (Å²) in [5, 5.41) is 12.7. The smallest absolute Gasteiger partial charge is 0.191 e. The number of carbonyl (C=O) groups excluding carboxylic acids is 1. The molecule has 1 heterocycles. The van der Waals surface area contributed by atoms with Crippen molar-refractivity contribution in [3.8, 4) is 11.5 Å². The molecule has 0 fully saturated rings. The van der Waals surface area contributed by atoms with Gasteiger partial charge in [0.2, 0.25) is 0 Å². The Morgan fingerprint density at radius 3 is 2.54 bits per heavy atom. The number of fused-ring (bicyclic) bond motifs is 1. The number of hydrogen-bond acceptors (Lipinski definition) is 7. The highest BCUT2D eigenvalue weighted by molar-refractivity contribution is 7.91. The van der Waals surface area contributed by atoms with E-state index in [1.165, 1.54) is 56.8 Å². The van der Waals surface area contributed by atoms with Crippen molar-refractivity contribution in [1.29, 1.82) is 0 Å². The molecule has 0 bridgehead atoms. The highest BCUT2D eigenvalue weighted by atomic mass is 32.2. The molecule has 3 aromatic carbocycles. The summed E-state index contributed by atoms with van der Waals surface area (Å²) in [4.78, 5) is 16.9. The van der Waals surface area contributed by atoms with E-state index in [1.807, 2.05) is 0 Å². The maximum Gasteiger partial charge on any atom is 0.191 e. The molecule has 206 valence electrons. The zero-order valence-corrected chi connectivity index (χ0v) is 22.4. The number of halogens is 2. The van der Waals surface area contributed by atoms with E-state index in [-0.39, 0.29) is 46.4 Å². The summed E-state index contributed by atoms with van der Waals surface area (Å²) >= 11 is 0. The van der Waals surface area contributed by atoms with Crippen molar-refractivity contribution in [2.24, 2.45) is 0 Å². The number of sulfone groups is 1. The minimum atomic E-state index is -3.78. The lowest BCUT2D eigenvalue weighted by molar-refractivity contribution is 0.0970. The number of hydrogen-bond donors (Lipinski definition) is 3. The Morgan fingerprint density at radius 2 is 1.85 bits per heavy atom. The number of aromatic nitrogens is 1. The number of aromatic amines is 1. The van der Waals surface area contributed by atoms with Crippen LogP contribution >= 0.6 is 0 Å². The van der Waals surface area contributed by atoms with Crippen molar-refractivity contribution in [3.05, 3.63) is 83.1 Å². The van der Waals surface area contributed by atoms with Crippen molar-refractivity contribution in [1.82, 2.24) is 4.98 Å². The molecule has 3 N–H and O–H groups in total. The molecule has 4 aromatic rings. The monoisotopic (exact) mass is 558 g/mol. The van der Waals surface area contributed by atoms with Gasteiger partial charge in [0.15, 0.2) is 15.6 Å². The van der Waals surface area contributed by atoms with E-state index >= 15 is 0 Å². The summed E-state index contributed by atoms with van der Waals surface area (Å²) in [7, 11) is -1.06. The molecule has 0 amide bonds. The van der Waals surface area contributed by atoms with Crippen molar-refractivity contribution in [3.63, 3.8) is 0 Å². The fourth-order valence-electron chi connectivity index (χ4n) is 4.31. The van der Waals surface area contributed by atoms with E-state index < -0.39 is 33.3 Å². The van der Waals surface area contributed by atoms with Gasteiger partial charge in [0.05, 0.1) is 24.9 Å². The van der Waals surface area contributed by atoms with Crippen LogP contribution in [0, 0.1) is 18.6 Å². The van der Waals surface area contributed by atoms with E-state index in [9.17, 15) is 22.0 Å². The molecular weight excluding hydrogens is 530 g/mol. The lowest BCUT2D eigenvalue weighted by Gasteiger charge is -2.22. The summed E-state index contributed by atoms with van der Waals surface area (Å²) in [6.07, 6.45) is 1.52. The van der Waals surface area contributed by atoms with Crippen LogP contribution in [0.2, 0.25) is 0 Å². The average Bonchev–Trinajstić information content (AvgIpc) is 3.32. The van der Waals surface area contributed by atoms with Crippen LogP contribution in [0.5, 0.6) is 11.5 Å². The van der Waals surface area contributed by atoms with Gasteiger partial charge in [-0.3, -0.25) is 4.79 Å². The first kappa shape index (κ1) is 28.1. The third kappa shape index (κ3) is 5.89. The molecular formula is C28H28F2N2O6S. The van der Waals surface area contributed by atoms with Crippen LogP contribution in [0.1, 0.15) is 33.9 Å². The molecule has 0 saturated heterocycles. The molecule has 39 heavy (non-hydrogen) atoms. The van der Waals surface area contributed by atoms with Crippen LogP contribution < -0.4 is 14.8 Å². The number of methoxy groups -OCH3 is 2. The SMILES string of the molecule is COc1cc(NC(C(=O)c2c[nH]c3cc(F)c(C)cc23)c2ccc(F)cc2OC)cc(S(=O)(=O)CCCO)c1. The van der Waals surface area contributed by atoms with E-state index in [4.69, 9.17) is 14.6 Å². The first-order chi connectivity index (χ1) is 18.6. The van der Waals surface area contributed by atoms with Gasteiger partial charge in [-0.1, -0.05) is 0 Å².